The van der Waals surface area contributed by atoms with Gasteiger partial charge in [0.2, 0.25) is 10.0 Å². The first-order chi connectivity index (χ1) is 9.54. The molecule has 21 heavy (non-hydrogen) atoms. The summed E-state index contributed by atoms with van der Waals surface area (Å²) in [7, 11) is -3.40. The maximum atomic E-state index is 12.7. The van der Waals surface area contributed by atoms with E-state index >= 15 is 0 Å². The van der Waals surface area contributed by atoms with Crippen LogP contribution in [0, 0.1) is 0 Å². The van der Waals surface area contributed by atoms with Crippen molar-refractivity contribution in [3.05, 3.63) is 29.3 Å². The van der Waals surface area contributed by atoms with Crippen molar-refractivity contribution in [3.8, 4) is 0 Å². The molecule has 0 bridgehead atoms. The summed E-state index contributed by atoms with van der Waals surface area (Å²) in [5.41, 5.74) is 8.04. The number of hydrogen-bond acceptors (Lipinski definition) is 3. The van der Waals surface area contributed by atoms with Crippen molar-refractivity contribution < 1.29 is 8.42 Å². The molecule has 1 aliphatic rings. The van der Waals surface area contributed by atoms with Crippen molar-refractivity contribution in [2.24, 2.45) is 5.73 Å². The van der Waals surface area contributed by atoms with Crippen LogP contribution in [-0.4, -0.2) is 31.9 Å². The van der Waals surface area contributed by atoms with Crippen LogP contribution >= 0.6 is 12.4 Å². The highest BCUT2D eigenvalue weighted by atomic mass is 35.5. The van der Waals surface area contributed by atoms with Crippen LogP contribution in [0.5, 0.6) is 0 Å². The molecule has 1 heterocycles. The predicted molar refractivity (Wildman–Crippen MR) is 88.4 cm³/mol. The molecule has 0 aliphatic carbocycles. The van der Waals surface area contributed by atoms with Gasteiger partial charge in [-0.1, -0.05) is 19.9 Å². The first-order valence-electron chi connectivity index (χ1n) is 7.38. The summed E-state index contributed by atoms with van der Waals surface area (Å²) in [5.74, 6) is 0. The molecule has 1 saturated heterocycles. The van der Waals surface area contributed by atoms with Gasteiger partial charge >= 0.3 is 0 Å². The smallest absolute Gasteiger partial charge is 0.243 e. The van der Waals surface area contributed by atoms with E-state index in [4.69, 9.17) is 5.73 Å². The quantitative estimate of drug-likeness (QED) is 0.900. The number of aryl methyl sites for hydroxylation is 2. The maximum Gasteiger partial charge on any atom is 0.243 e. The monoisotopic (exact) mass is 332 g/mol. The van der Waals surface area contributed by atoms with Crippen LogP contribution in [0.25, 0.3) is 0 Å². The highest BCUT2D eigenvalue weighted by Crippen LogP contribution is 2.27. The first kappa shape index (κ1) is 18.4. The Balaban J connectivity index is 0.00000220. The fraction of sp³-hybridized carbons (Fsp3) is 0.600. The molecule has 1 aromatic carbocycles. The molecule has 0 radical (unpaired) electrons. The van der Waals surface area contributed by atoms with Crippen LogP contribution < -0.4 is 5.73 Å². The van der Waals surface area contributed by atoms with Crippen molar-refractivity contribution in [3.63, 3.8) is 0 Å². The largest absolute Gasteiger partial charge is 0.329 e. The molecule has 120 valence electrons. The zero-order valence-corrected chi connectivity index (χ0v) is 14.3. The lowest BCUT2D eigenvalue weighted by atomic mass is 10.0. The van der Waals surface area contributed by atoms with Gasteiger partial charge in [-0.05, 0) is 48.9 Å². The molecule has 1 fully saturated rings. The molecule has 0 amide bonds. The maximum absolute atomic E-state index is 12.7. The Labute approximate surface area is 134 Å². The van der Waals surface area contributed by atoms with Crippen LogP contribution in [0.2, 0.25) is 0 Å². The van der Waals surface area contributed by atoms with Crippen molar-refractivity contribution in [2.75, 3.05) is 13.1 Å². The van der Waals surface area contributed by atoms with E-state index in [9.17, 15) is 8.42 Å². The van der Waals surface area contributed by atoms with E-state index in [-0.39, 0.29) is 18.4 Å². The topological polar surface area (TPSA) is 63.4 Å². The van der Waals surface area contributed by atoms with Crippen molar-refractivity contribution in [2.45, 2.75) is 50.5 Å². The minimum atomic E-state index is -3.40. The second-order valence-corrected chi connectivity index (χ2v) is 7.18. The Morgan fingerprint density at radius 2 is 1.90 bits per heavy atom. The van der Waals surface area contributed by atoms with Gasteiger partial charge in [-0.3, -0.25) is 0 Å². The van der Waals surface area contributed by atoms with E-state index in [0.29, 0.717) is 18.0 Å². The highest BCUT2D eigenvalue weighted by molar-refractivity contribution is 7.89. The van der Waals surface area contributed by atoms with E-state index < -0.39 is 10.0 Å². The minimum Gasteiger partial charge on any atom is -0.329 e. The zero-order valence-electron chi connectivity index (χ0n) is 12.7. The summed E-state index contributed by atoms with van der Waals surface area (Å²) in [6, 6.07) is 5.47. The molecule has 0 saturated carbocycles. The summed E-state index contributed by atoms with van der Waals surface area (Å²) in [5, 5.41) is 0. The number of hydrogen-bond donors (Lipinski definition) is 1. The molecule has 6 heteroatoms. The van der Waals surface area contributed by atoms with E-state index in [0.717, 1.165) is 31.2 Å². The molecule has 2 N–H and O–H groups in total. The lowest BCUT2D eigenvalue weighted by Gasteiger charge is -2.23. The molecule has 1 aliphatic heterocycles. The third-order valence-corrected chi connectivity index (χ3v) is 6.09. The molecular weight excluding hydrogens is 308 g/mol. The second kappa shape index (κ2) is 7.58. The third-order valence-electron chi connectivity index (χ3n) is 4.14. The van der Waals surface area contributed by atoms with Gasteiger partial charge < -0.3 is 5.73 Å². The molecule has 4 nitrogen and oxygen atoms in total. The molecule has 0 aromatic heterocycles. The van der Waals surface area contributed by atoms with Crippen LogP contribution in [-0.2, 0) is 22.9 Å². The van der Waals surface area contributed by atoms with Gasteiger partial charge in [-0.25, -0.2) is 8.42 Å². The lowest BCUT2D eigenvalue weighted by Crippen LogP contribution is -2.39. The Morgan fingerprint density at radius 1 is 1.24 bits per heavy atom. The summed E-state index contributed by atoms with van der Waals surface area (Å²) in [6.45, 7) is 5.13. The molecule has 0 spiro atoms. The van der Waals surface area contributed by atoms with Gasteiger partial charge in [0.1, 0.15) is 0 Å². The molecule has 1 unspecified atom stereocenters. The Hall–Kier alpha value is -0.620. The number of benzene rings is 1. The number of sulfonamides is 1. The summed E-state index contributed by atoms with van der Waals surface area (Å²) < 4.78 is 27.1. The van der Waals surface area contributed by atoms with Gasteiger partial charge in [0.15, 0.2) is 0 Å². The number of nitrogens with two attached hydrogens (primary N) is 1. The van der Waals surface area contributed by atoms with Crippen molar-refractivity contribution in [1.82, 2.24) is 4.31 Å². The summed E-state index contributed by atoms with van der Waals surface area (Å²) >= 11 is 0. The number of halogens is 1. The van der Waals surface area contributed by atoms with Gasteiger partial charge in [-0.2, -0.15) is 4.31 Å². The van der Waals surface area contributed by atoms with Gasteiger partial charge in [0, 0.05) is 19.1 Å². The Kier molecular flexibility index (Phi) is 6.66. The molecule has 2 rings (SSSR count). The zero-order chi connectivity index (χ0) is 14.8. The average molecular weight is 333 g/mol. The SMILES string of the molecule is CCc1ccc(S(=O)(=O)N2CCCC2CN)cc1CC.Cl. The van der Waals surface area contributed by atoms with Gasteiger partial charge in [0.05, 0.1) is 4.90 Å². The van der Waals surface area contributed by atoms with Crippen molar-refractivity contribution in [1.29, 1.82) is 0 Å². The normalized spacial score (nSPS) is 19.5. The Morgan fingerprint density at radius 3 is 2.48 bits per heavy atom. The van der Waals surface area contributed by atoms with Crippen LogP contribution in [0.3, 0.4) is 0 Å². The van der Waals surface area contributed by atoms with Crippen LogP contribution in [0.15, 0.2) is 23.1 Å². The molecular formula is C15H25ClN2O2S. The third kappa shape index (κ3) is 3.59. The predicted octanol–water partition coefficient (Wildman–Crippen LogP) is 2.35. The number of nitrogens with zero attached hydrogens (tertiary/aromatic N) is 1. The summed E-state index contributed by atoms with van der Waals surface area (Å²) in [4.78, 5) is 0.409. The fourth-order valence-electron chi connectivity index (χ4n) is 2.93. The van der Waals surface area contributed by atoms with Gasteiger partial charge in [-0.15, -0.1) is 12.4 Å². The first-order valence-corrected chi connectivity index (χ1v) is 8.82. The Bertz CT molecular complexity index is 575. The van der Waals surface area contributed by atoms with E-state index in [1.165, 1.54) is 5.56 Å². The van der Waals surface area contributed by atoms with Crippen LogP contribution in [0.1, 0.15) is 37.8 Å². The average Bonchev–Trinajstić information content (AvgIpc) is 2.95. The standard InChI is InChI=1S/C15H24N2O2S.ClH/c1-3-12-7-8-15(10-13(12)4-2)20(18,19)17-9-5-6-14(17)11-16;/h7-8,10,14H,3-6,9,11,16H2,1-2H3;1H. The second-order valence-electron chi connectivity index (χ2n) is 5.29. The lowest BCUT2D eigenvalue weighted by molar-refractivity contribution is 0.393. The number of rotatable bonds is 5. The van der Waals surface area contributed by atoms with E-state index in [1.54, 1.807) is 10.4 Å². The minimum absolute atomic E-state index is 0. The molecule has 1 atom stereocenters. The van der Waals surface area contributed by atoms with E-state index in [2.05, 4.69) is 13.8 Å². The van der Waals surface area contributed by atoms with Gasteiger partial charge in [0.25, 0.3) is 0 Å². The fourth-order valence-corrected chi connectivity index (χ4v) is 4.69. The molecule has 1 aromatic rings. The van der Waals surface area contributed by atoms with Crippen LogP contribution in [0.4, 0.5) is 0 Å². The van der Waals surface area contributed by atoms with E-state index in [1.807, 2.05) is 12.1 Å². The highest BCUT2D eigenvalue weighted by Gasteiger charge is 2.34. The summed E-state index contributed by atoms with van der Waals surface area (Å²) in [6.07, 6.45) is 3.55. The van der Waals surface area contributed by atoms with Crippen molar-refractivity contribution >= 4 is 22.4 Å².